The van der Waals surface area contributed by atoms with Crippen LogP contribution in [0.4, 0.5) is 5.69 Å². The van der Waals surface area contributed by atoms with Crippen LogP contribution in [0.5, 0.6) is 5.75 Å². The number of anilines is 1. The largest absolute Gasteiger partial charge is 0.495 e. The molecule has 1 aromatic carbocycles. The smallest absolute Gasteiger partial charge is 0.249 e. The maximum absolute atomic E-state index is 12.5. The van der Waals surface area contributed by atoms with Crippen molar-refractivity contribution < 1.29 is 14.3 Å². The highest BCUT2D eigenvalue weighted by Crippen LogP contribution is 2.31. The Morgan fingerprint density at radius 2 is 2.19 bits per heavy atom. The van der Waals surface area contributed by atoms with Crippen LogP contribution in [-0.2, 0) is 9.59 Å². The zero-order valence-corrected chi connectivity index (χ0v) is 12.8. The summed E-state index contributed by atoms with van der Waals surface area (Å²) in [6.07, 6.45) is 1.39. The van der Waals surface area contributed by atoms with Crippen molar-refractivity contribution in [1.82, 2.24) is 5.32 Å². The van der Waals surface area contributed by atoms with Gasteiger partial charge in [-0.1, -0.05) is 26.0 Å². The van der Waals surface area contributed by atoms with Crippen LogP contribution >= 0.6 is 0 Å². The Kier molecular flexibility index (Phi) is 4.83. The van der Waals surface area contributed by atoms with Gasteiger partial charge in [0, 0.05) is 12.5 Å². The Hall–Kier alpha value is -2.04. The van der Waals surface area contributed by atoms with E-state index in [1.54, 1.807) is 12.0 Å². The number of ether oxygens (including phenoxy) is 1. The highest BCUT2D eigenvalue weighted by atomic mass is 16.5. The first-order valence-electron chi connectivity index (χ1n) is 7.33. The fraction of sp³-hybridized carbons (Fsp3) is 0.500. The van der Waals surface area contributed by atoms with E-state index in [0.717, 1.165) is 12.1 Å². The molecular weight excluding hydrogens is 268 g/mol. The van der Waals surface area contributed by atoms with E-state index in [1.807, 2.05) is 38.1 Å². The first-order valence-corrected chi connectivity index (χ1v) is 7.33. The summed E-state index contributed by atoms with van der Waals surface area (Å²) in [5.41, 5.74) is 0.755. The molecule has 2 amide bonds. The molecule has 1 heterocycles. The highest BCUT2D eigenvalue weighted by molar-refractivity contribution is 6.02. The van der Waals surface area contributed by atoms with Crippen LogP contribution in [0.1, 0.15) is 26.7 Å². The molecule has 114 valence electrons. The summed E-state index contributed by atoms with van der Waals surface area (Å²) in [5, 5.41) is 2.85. The summed E-state index contributed by atoms with van der Waals surface area (Å²) in [6.45, 7) is 4.42. The molecule has 2 atom stereocenters. The summed E-state index contributed by atoms with van der Waals surface area (Å²) in [5.74, 6) is 0.465. The Morgan fingerprint density at radius 3 is 2.86 bits per heavy atom. The zero-order valence-electron chi connectivity index (χ0n) is 12.8. The maximum atomic E-state index is 12.5. The molecule has 0 radical (unpaired) electrons. The second-order valence-corrected chi connectivity index (χ2v) is 5.32. The number of nitrogens with one attached hydrogen (secondary N) is 1. The van der Waals surface area contributed by atoms with Gasteiger partial charge in [0.15, 0.2) is 0 Å². The van der Waals surface area contributed by atoms with Crippen LogP contribution in [-0.4, -0.2) is 31.5 Å². The van der Waals surface area contributed by atoms with Gasteiger partial charge >= 0.3 is 0 Å². The quantitative estimate of drug-likeness (QED) is 0.902. The van der Waals surface area contributed by atoms with Gasteiger partial charge in [0.25, 0.3) is 0 Å². The van der Waals surface area contributed by atoms with Crippen molar-refractivity contribution in [3.05, 3.63) is 24.3 Å². The van der Waals surface area contributed by atoms with Gasteiger partial charge in [-0.15, -0.1) is 0 Å². The van der Waals surface area contributed by atoms with E-state index in [9.17, 15) is 9.59 Å². The first-order chi connectivity index (χ1) is 10.1. The Bertz CT molecular complexity index is 530. The molecule has 2 unspecified atom stereocenters. The number of amides is 2. The average Bonchev–Trinajstić information content (AvgIpc) is 2.87. The molecule has 0 aliphatic carbocycles. The van der Waals surface area contributed by atoms with Gasteiger partial charge in [0.2, 0.25) is 11.8 Å². The molecule has 1 aromatic rings. The van der Waals surface area contributed by atoms with E-state index < -0.39 is 6.04 Å². The Morgan fingerprint density at radius 1 is 1.48 bits per heavy atom. The van der Waals surface area contributed by atoms with Crippen molar-refractivity contribution in [2.75, 3.05) is 18.6 Å². The number of hydrogen-bond donors (Lipinski definition) is 1. The highest BCUT2D eigenvalue weighted by Gasteiger charge is 2.35. The number of carbonyl (C=O) groups is 2. The van der Waals surface area contributed by atoms with Gasteiger partial charge in [-0.3, -0.25) is 9.59 Å². The normalized spacial score (nSPS) is 19.5. The molecule has 1 aliphatic rings. The number of carbonyl (C=O) groups excluding carboxylic acids is 2. The lowest BCUT2D eigenvalue weighted by atomic mass is 10.1. The van der Waals surface area contributed by atoms with E-state index in [-0.39, 0.29) is 17.7 Å². The zero-order chi connectivity index (χ0) is 15.4. The molecule has 0 bridgehead atoms. The van der Waals surface area contributed by atoms with Gasteiger partial charge in [-0.2, -0.15) is 0 Å². The molecule has 1 fully saturated rings. The van der Waals surface area contributed by atoms with Crippen molar-refractivity contribution in [3.8, 4) is 5.75 Å². The van der Waals surface area contributed by atoms with E-state index in [4.69, 9.17) is 4.74 Å². The SMILES string of the molecule is CCC(C)C(=O)NC1CCN(c2ccccc2OC)C1=O. The topological polar surface area (TPSA) is 58.6 Å². The van der Waals surface area contributed by atoms with Crippen LogP contribution in [0.3, 0.4) is 0 Å². The van der Waals surface area contributed by atoms with E-state index in [1.165, 1.54) is 0 Å². The van der Waals surface area contributed by atoms with Gasteiger partial charge < -0.3 is 15.0 Å². The van der Waals surface area contributed by atoms with Gasteiger partial charge in [-0.05, 0) is 25.0 Å². The summed E-state index contributed by atoms with van der Waals surface area (Å²) >= 11 is 0. The molecule has 5 nitrogen and oxygen atoms in total. The lowest BCUT2D eigenvalue weighted by Gasteiger charge is -2.20. The summed E-state index contributed by atoms with van der Waals surface area (Å²) in [6, 6.07) is 6.99. The molecule has 1 aliphatic heterocycles. The third-order valence-corrected chi connectivity index (χ3v) is 3.96. The van der Waals surface area contributed by atoms with Crippen LogP contribution < -0.4 is 15.0 Å². The minimum atomic E-state index is -0.434. The van der Waals surface area contributed by atoms with Gasteiger partial charge in [0.1, 0.15) is 11.8 Å². The standard InChI is InChI=1S/C16H22N2O3/c1-4-11(2)15(19)17-12-9-10-18(16(12)20)13-7-5-6-8-14(13)21-3/h5-8,11-12H,4,9-10H2,1-3H3,(H,17,19). The summed E-state index contributed by atoms with van der Waals surface area (Å²) in [7, 11) is 1.58. The third-order valence-electron chi connectivity index (χ3n) is 3.96. The molecule has 0 saturated carbocycles. The van der Waals surface area contributed by atoms with Gasteiger partial charge in [-0.25, -0.2) is 0 Å². The number of rotatable bonds is 5. The lowest BCUT2D eigenvalue weighted by molar-refractivity contribution is -0.128. The number of hydrogen-bond acceptors (Lipinski definition) is 3. The van der Waals surface area contributed by atoms with E-state index in [2.05, 4.69) is 5.32 Å². The minimum Gasteiger partial charge on any atom is -0.495 e. The van der Waals surface area contributed by atoms with E-state index >= 15 is 0 Å². The third kappa shape index (κ3) is 3.17. The van der Waals surface area contributed by atoms with Crippen LogP contribution in [0.2, 0.25) is 0 Å². The second kappa shape index (κ2) is 6.61. The number of para-hydroxylation sites is 2. The molecule has 21 heavy (non-hydrogen) atoms. The molecule has 0 aromatic heterocycles. The van der Waals surface area contributed by atoms with Crippen LogP contribution in [0.15, 0.2) is 24.3 Å². The lowest BCUT2D eigenvalue weighted by Crippen LogP contribution is -2.43. The van der Waals surface area contributed by atoms with Crippen molar-refractivity contribution >= 4 is 17.5 Å². The predicted molar refractivity (Wildman–Crippen MR) is 81.3 cm³/mol. The first kappa shape index (κ1) is 15.4. The fourth-order valence-electron chi connectivity index (χ4n) is 2.41. The predicted octanol–water partition coefficient (Wildman–Crippen LogP) is 1.96. The summed E-state index contributed by atoms with van der Waals surface area (Å²) in [4.78, 5) is 26.1. The number of benzene rings is 1. The second-order valence-electron chi connectivity index (χ2n) is 5.32. The van der Waals surface area contributed by atoms with Crippen molar-refractivity contribution in [3.63, 3.8) is 0 Å². The van der Waals surface area contributed by atoms with Crippen molar-refractivity contribution in [2.24, 2.45) is 5.92 Å². The average molecular weight is 290 g/mol. The minimum absolute atomic E-state index is 0.0577. The van der Waals surface area contributed by atoms with Crippen LogP contribution in [0, 0.1) is 5.92 Å². The number of nitrogens with zero attached hydrogens (tertiary/aromatic N) is 1. The van der Waals surface area contributed by atoms with E-state index in [0.29, 0.717) is 18.7 Å². The number of methoxy groups -OCH3 is 1. The summed E-state index contributed by atoms with van der Waals surface area (Å²) < 4.78 is 5.30. The van der Waals surface area contributed by atoms with Gasteiger partial charge in [0.05, 0.1) is 12.8 Å². The molecule has 1 N–H and O–H groups in total. The van der Waals surface area contributed by atoms with Crippen LogP contribution in [0.25, 0.3) is 0 Å². The Balaban J connectivity index is 2.10. The van der Waals surface area contributed by atoms with Crippen molar-refractivity contribution in [2.45, 2.75) is 32.7 Å². The van der Waals surface area contributed by atoms with Crippen molar-refractivity contribution in [1.29, 1.82) is 0 Å². The molecule has 2 rings (SSSR count). The molecular formula is C16H22N2O3. The maximum Gasteiger partial charge on any atom is 0.249 e. The Labute approximate surface area is 125 Å². The molecule has 5 heteroatoms. The molecule has 1 saturated heterocycles. The molecule has 0 spiro atoms. The monoisotopic (exact) mass is 290 g/mol. The fourth-order valence-corrected chi connectivity index (χ4v) is 2.41.